The molecular weight excluding hydrogens is 463 g/mol. The number of aromatic nitrogens is 2. The highest BCUT2D eigenvalue weighted by Gasteiger charge is 2.18. The molecule has 2 aromatic carbocycles. The van der Waals surface area contributed by atoms with E-state index in [1.807, 2.05) is 12.1 Å². The van der Waals surface area contributed by atoms with E-state index in [-0.39, 0.29) is 29.7 Å². The van der Waals surface area contributed by atoms with E-state index in [2.05, 4.69) is 20.2 Å². The number of amides is 1. The number of hydrogen-bond donors (Lipinski definition) is 2. The number of carbonyl (C=O) groups excluding carboxylic acids is 2. The minimum absolute atomic E-state index is 0.150. The number of piperazine rings is 1. The zero-order valence-electron chi connectivity index (χ0n) is 20.3. The van der Waals surface area contributed by atoms with Crippen molar-refractivity contribution in [2.24, 2.45) is 0 Å². The molecule has 0 unspecified atom stereocenters. The van der Waals surface area contributed by atoms with Gasteiger partial charge in [-0.25, -0.2) is 13.9 Å². The lowest BCUT2D eigenvalue weighted by atomic mass is 10.2. The van der Waals surface area contributed by atoms with E-state index in [9.17, 15) is 14.0 Å². The molecule has 0 aliphatic carbocycles. The largest absolute Gasteiger partial charge is 0.462 e. The van der Waals surface area contributed by atoms with Crippen LogP contribution in [0.5, 0.6) is 0 Å². The average molecular weight is 495 g/mol. The summed E-state index contributed by atoms with van der Waals surface area (Å²) >= 11 is 0. The van der Waals surface area contributed by atoms with Gasteiger partial charge >= 0.3 is 5.97 Å². The Labute approximate surface area is 209 Å². The average Bonchev–Trinajstić information content (AvgIpc) is 3.29. The smallest absolute Gasteiger partial charge is 0.343 e. The molecule has 3 aromatic rings. The molecule has 2 heterocycles. The van der Waals surface area contributed by atoms with Gasteiger partial charge in [0.05, 0.1) is 18.5 Å². The maximum absolute atomic E-state index is 13.1. The Balaban J connectivity index is 1.20. The number of nitrogens with zero attached hydrogens (tertiary/aromatic N) is 4. The van der Waals surface area contributed by atoms with Crippen LogP contribution in [-0.2, 0) is 4.74 Å². The fourth-order valence-corrected chi connectivity index (χ4v) is 4.17. The van der Waals surface area contributed by atoms with Gasteiger partial charge in [-0.05, 0) is 68.4 Å². The second-order valence-electron chi connectivity index (χ2n) is 8.54. The molecule has 4 rings (SSSR count). The number of rotatable bonds is 9. The van der Waals surface area contributed by atoms with Crippen molar-refractivity contribution < 1.29 is 18.7 Å². The molecule has 0 spiro atoms. The Morgan fingerprint density at radius 3 is 2.36 bits per heavy atom. The number of ether oxygens (including phenoxy) is 1. The van der Waals surface area contributed by atoms with E-state index >= 15 is 0 Å². The van der Waals surface area contributed by atoms with Crippen LogP contribution in [0.15, 0.2) is 54.7 Å². The summed E-state index contributed by atoms with van der Waals surface area (Å²) in [6, 6.07) is 13.5. The van der Waals surface area contributed by atoms with Crippen molar-refractivity contribution in [3.05, 3.63) is 71.7 Å². The van der Waals surface area contributed by atoms with Crippen LogP contribution >= 0.6 is 0 Å². The number of nitrogens with one attached hydrogen (secondary N) is 1. The van der Waals surface area contributed by atoms with Gasteiger partial charge in [0, 0.05) is 44.0 Å². The molecule has 1 amide bonds. The highest BCUT2D eigenvalue weighted by Crippen LogP contribution is 2.19. The third kappa shape index (κ3) is 6.01. The Morgan fingerprint density at radius 2 is 1.69 bits per heavy atom. The normalized spacial score (nSPS) is 14.0. The van der Waals surface area contributed by atoms with E-state index in [1.54, 1.807) is 31.2 Å². The summed E-state index contributed by atoms with van der Waals surface area (Å²) in [5.74, 6) is -0.706. The number of esters is 1. The van der Waals surface area contributed by atoms with Crippen LogP contribution in [0, 0.1) is 5.82 Å². The lowest BCUT2D eigenvalue weighted by molar-refractivity contribution is 0.0527. The van der Waals surface area contributed by atoms with Gasteiger partial charge in [-0.3, -0.25) is 9.69 Å². The summed E-state index contributed by atoms with van der Waals surface area (Å²) in [6.07, 6.45) is 2.22. The molecule has 1 aliphatic rings. The number of hydrogen-bond acceptors (Lipinski definition) is 7. The van der Waals surface area contributed by atoms with Crippen molar-refractivity contribution in [1.29, 1.82) is 0 Å². The molecule has 1 aliphatic heterocycles. The molecule has 3 N–H and O–H groups in total. The molecule has 1 saturated heterocycles. The maximum atomic E-state index is 13.1. The highest BCUT2D eigenvalue weighted by molar-refractivity contribution is 5.95. The molecule has 190 valence electrons. The van der Waals surface area contributed by atoms with Crippen LogP contribution in [-0.4, -0.2) is 72.4 Å². The number of nitrogens with two attached hydrogens (primary N) is 1. The monoisotopic (exact) mass is 494 g/mol. The summed E-state index contributed by atoms with van der Waals surface area (Å²) < 4.78 is 19.5. The van der Waals surface area contributed by atoms with E-state index in [0.717, 1.165) is 44.8 Å². The predicted molar refractivity (Wildman–Crippen MR) is 136 cm³/mol. The van der Waals surface area contributed by atoms with E-state index in [1.165, 1.54) is 23.0 Å². The minimum atomic E-state index is -0.521. The molecule has 1 aromatic heterocycles. The number of anilines is 2. The second kappa shape index (κ2) is 11.7. The Hall–Kier alpha value is -3.92. The van der Waals surface area contributed by atoms with Crippen LogP contribution in [0.1, 0.15) is 34.1 Å². The first-order chi connectivity index (χ1) is 17.5. The molecule has 10 heteroatoms. The van der Waals surface area contributed by atoms with Crippen molar-refractivity contribution in [1.82, 2.24) is 20.0 Å². The first-order valence-electron chi connectivity index (χ1n) is 12.1. The van der Waals surface area contributed by atoms with Gasteiger partial charge in [-0.2, -0.15) is 5.10 Å². The Bertz CT molecular complexity index is 1170. The van der Waals surface area contributed by atoms with Gasteiger partial charge in [-0.15, -0.1) is 0 Å². The van der Waals surface area contributed by atoms with E-state index in [0.29, 0.717) is 17.8 Å². The molecular formula is C26H31FN6O3. The third-order valence-electron chi connectivity index (χ3n) is 6.18. The lowest BCUT2D eigenvalue weighted by Crippen LogP contribution is -2.47. The first-order valence-corrected chi connectivity index (χ1v) is 12.1. The van der Waals surface area contributed by atoms with Gasteiger partial charge in [0.1, 0.15) is 17.2 Å². The number of nitrogen functional groups attached to an aromatic ring is 1. The van der Waals surface area contributed by atoms with Gasteiger partial charge in [0.15, 0.2) is 0 Å². The van der Waals surface area contributed by atoms with Gasteiger partial charge < -0.3 is 20.7 Å². The SMILES string of the molecule is CCOC(=O)c1cnn(-c2ccc(C(=O)NCCCN3CCN(c4ccc(F)cc4)CC3)cc2)c1N. The molecule has 0 bridgehead atoms. The maximum Gasteiger partial charge on any atom is 0.343 e. The molecule has 36 heavy (non-hydrogen) atoms. The summed E-state index contributed by atoms with van der Waals surface area (Å²) in [5.41, 5.74) is 8.47. The topological polar surface area (TPSA) is 106 Å². The number of halogens is 1. The third-order valence-corrected chi connectivity index (χ3v) is 6.18. The van der Waals surface area contributed by atoms with Crippen LogP contribution in [0.4, 0.5) is 15.9 Å². The molecule has 0 radical (unpaired) electrons. The zero-order valence-corrected chi connectivity index (χ0v) is 20.3. The van der Waals surface area contributed by atoms with Crippen molar-refractivity contribution in [2.45, 2.75) is 13.3 Å². The summed E-state index contributed by atoms with van der Waals surface area (Å²) in [7, 11) is 0. The van der Waals surface area contributed by atoms with Gasteiger partial charge in [-0.1, -0.05) is 0 Å². The van der Waals surface area contributed by atoms with Crippen molar-refractivity contribution in [3.63, 3.8) is 0 Å². The molecule has 0 atom stereocenters. The number of benzene rings is 2. The predicted octanol–water partition coefficient (Wildman–Crippen LogP) is 2.71. The summed E-state index contributed by atoms with van der Waals surface area (Å²) in [6.45, 7) is 7.11. The van der Waals surface area contributed by atoms with Crippen molar-refractivity contribution in [2.75, 3.05) is 56.5 Å². The zero-order chi connectivity index (χ0) is 25.5. The standard InChI is InChI=1S/C26H31FN6O3/c1-2-36-26(35)23-18-30-33(24(23)28)22-8-4-19(5-9-22)25(34)29-12-3-13-31-14-16-32(17-15-31)21-10-6-20(27)7-11-21/h4-11,18H,2-3,12-17,28H2,1H3,(H,29,34). The van der Waals surface area contributed by atoms with Gasteiger partial charge in [0.2, 0.25) is 0 Å². The summed E-state index contributed by atoms with van der Waals surface area (Å²) in [5, 5.41) is 7.12. The van der Waals surface area contributed by atoms with Crippen LogP contribution in [0.2, 0.25) is 0 Å². The van der Waals surface area contributed by atoms with Gasteiger partial charge in [0.25, 0.3) is 5.91 Å². The molecule has 0 saturated carbocycles. The van der Waals surface area contributed by atoms with Crippen LogP contribution in [0.3, 0.4) is 0 Å². The fourth-order valence-electron chi connectivity index (χ4n) is 4.17. The van der Waals surface area contributed by atoms with Crippen molar-refractivity contribution in [3.8, 4) is 5.69 Å². The Morgan fingerprint density at radius 1 is 1.03 bits per heavy atom. The van der Waals surface area contributed by atoms with Crippen molar-refractivity contribution >= 4 is 23.4 Å². The summed E-state index contributed by atoms with van der Waals surface area (Å²) in [4.78, 5) is 29.1. The lowest BCUT2D eigenvalue weighted by Gasteiger charge is -2.36. The second-order valence-corrected chi connectivity index (χ2v) is 8.54. The van der Waals surface area contributed by atoms with Crippen LogP contribution < -0.4 is 16.0 Å². The van der Waals surface area contributed by atoms with E-state index < -0.39 is 5.97 Å². The number of carbonyl (C=O) groups is 2. The van der Waals surface area contributed by atoms with E-state index in [4.69, 9.17) is 10.5 Å². The Kier molecular flexibility index (Phi) is 8.17. The minimum Gasteiger partial charge on any atom is -0.462 e. The fraction of sp³-hybridized carbons (Fsp3) is 0.346. The molecule has 9 nitrogen and oxygen atoms in total. The van der Waals surface area contributed by atoms with Crippen LogP contribution in [0.25, 0.3) is 5.69 Å². The highest BCUT2D eigenvalue weighted by atomic mass is 19.1. The first kappa shape index (κ1) is 25.2. The quantitative estimate of drug-likeness (QED) is 0.348. The molecule has 1 fully saturated rings.